The van der Waals surface area contributed by atoms with Crippen LogP contribution in [0, 0.1) is 12.3 Å². The first kappa shape index (κ1) is 17.8. The van der Waals surface area contributed by atoms with Gasteiger partial charge in [0.15, 0.2) is 0 Å². The molecule has 0 aliphatic carbocycles. The van der Waals surface area contributed by atoms with Gasteiger partial charge in [-0.15, -0.1) is 6.42 Å². The van der Waals surface area contributed by atoms with E-state index in [9.17, 15) is 9.59 Å². The van der Waals surface area contributed by atoms with Gasteiger partial charge in [-0.2, -0.15) is 0 Å². The summed E-state index contributed by atoms with van der Waals surface area (Å²) < 4.78 is 0. The average molecular weight is 242 g/mol. The van der Waals surface area contributed by atoms with Crippen molar-refractivity contribution in [1.82, 2.24) is 10.6 Å². The van der Waals surface area contributed by atoms with Gasteiger partial charge in [0.05, 0.1) is 6.42 Å². The van der Waals surface area contributed by atoms with Crippen LogP contribution in [-0.2, 0) is 9.59 Å². The van der Waals surface area contributed by atoms with Crippen molar-refractivity contribution in [3.05, 3.63) is 0 Å². The predicted octanol–water partition coefficient (Wildman–Crippen LogP) is 0.605. The lowest BCUT2D eigenvalue weighted by molar-refractivity contribution is -0.139. The Balaban J connectivity index is 0. The van der Waals surface area contributed by atoms with Crippen molar-refractivity contribution in [3.63, 3.8) is 0 Å². The number of carbonyl (C=O) groups is 2. The maximum atomic E-state index is 10.9. The molecule has 98 valence electrons. The minimum atomic E-state index is -0.848. The molecule has 3 N–H and O–H groups in total. The average Bonchev–Trinajstić information content (AvgIpc) is 2.23. The number of hydrogen-bond acceptors (Lipinski definition) is 3. The summed E-state index contributed by atoms with van der Waals surface area (Å²) in [5.41, 5.74) is 0. The van der Waals surface area contributed by atoms with E-state index in [4.69, 9.17) is 11.5 Å². The van der Waals surface area contributed by atoms with Gasteiger partial charge in [-0.25, -0.2) is 0 Å². The standard InChI is InChI=1S/C11H18N2O3.CH4/c1-3-6-10(14)13-8-5-4-7-9(12-2)11(15)16;/h1,9,12H,4-8H2,2H3,(H,13,14)(H,15,16);1H4/t9-;/m1./s1. The predicted molar refractivity (Wildman–Crippen MR) is 67.5 cm³/mol. The Morgan fingerprint density at radius 1 is 1.41 bits per heavy atom. The monoisotopic (exact) mass is 242 g/mol. The number of unbranched alkanes of at least 4 members (excludes halogenated alkanes) is 1. The van der Waals surface area contributed by atoms with E-state index in [0.29, 0.717) is 13.0 Å². The van der Waals surface area contributed by atoms with Crippen LogP contribution in [0.25, 0.3) is 0 Å². The number of rotatable bonds is 8. The number of amides is 1. The molecule has 0 unspecified atom stereocenters. The minimum absolute atomic E-state index is 0. The van der Waals surface area contributed by atoms with E-state index in [-0.39, 0.29) is 19.8 Å². The van der Waals surface area contributed by atoms with Crippen molar-refractivity contribution in [2.24, 2.45) is 0 Å². The zero-order valence-corrected chi connectivity index (χ0v) is 9.45. The maximum Gasteiger partial charge on any atom is 0.320 e. The first-order valence-electron chi connectivity index (χ1n) is 5.22. The van der Waals surface area contributed by atoms with Crippen molar-refractivity contribution in [3.8, 4) is 12.3 Å². The second-order valence-corrected chi connectivity index (χ2v) is 3.41. The highest BCUT2D eigenvalue weighted by Gasteiger charge is 2.13. The smallest absolute Gasteiger partial charge is 0.320 e. The lowest BCUT2D eigenvalue weighted by atomic mass is 10.1. The third-order valence-corrected chi connectivity index (χ3v) is 2.15. The van der Waals surface area contributed by atoms with Crippen molar-refractivity contribution in [1.29, 1.82) is 0 Å². The fourth-order valence-corrected chi connectivity index (χ4v) is 1.25. The Labute approximate surface area is 103 Å². The van der Waals surface area contributed by atoms with E-state index in [0.717, 1.165) is 12.8 Å². The number of carbonyl (C=O) groups excluding carboxylic acids is 1. The molecule has 0 rings (SSSR count). The molecule has 0 radical (unpaired) electrons. The molecule has 0 saturated carbocycles. The summed E-state index contributed by atoms with van der Waals surface area (Å²) in [5.74, 6) is 1.24. The van der Waals surface area contributed by atoms with Crippen LogP contribution in [0.4, 0.5) is 0 Å². The highest BCUT2D eigenvalue weighted by molar-refractivity contribution is 5.78. The molecule has 17 heavy (non-hydrogen) atoms. The van der Waals surface area contributed by atoms with E-state index in [1.165, 1.54) is 0 Å². The summed E-state index contributed by atoms with van der Waals surface area (Å²) in [6, 6.07) is -0.513. The van der Waals surface area contributed by atoms with Crippen LogP contribution >= 0.6 is 0 Å². The van der Waals surface area contributed by atoms with E-state index < -0.39 is 12.0 Å². The number of aliphatic carboxylic acids is 1. The summed E-state index contributed by atoms with van der Waals surface area (Å²) in [7, 11) is 1.62. The lowest BCUT2D eigenvalue weighted by Crippen LogP contribution is -2.33. The van der Waals surface area contributed by atoms with Crippen molar-refractivity contribution in [2.45, 2.75) is 39.2 Å². The SMILES string of the molecule is C.C#CCC(=O)NCCCC[C@@H](NC)C(=O)O. The zero-order chi connectivity index (χ0) is 12.4. The summed E-state index contributed by atoms with van der Waals surface area (Å²) in [6.45, 7) is 0.538. The van der Waals surface area contributed by atoms with Crippen LogP contribution in [-0.4, -0.2) is 36.6 Å². The molecule has 0 aromatic rings. The molecule has 0 fully saturated rings. The summed E-state index contributed by atoms with van der Waals surface area (Å²) in [6.07, 6.45) is 7.11. The minimum Gasteiger partial charge on any atom is -0.480 e. The number of hydrogen-bond donors (Lipinski definition) is 3. The molecule has 5 nitrogen and oxygen atoms in total. The number of likely N-dealkylation sites (N-methyl/N-ethyl adjacent to an activating group) is 1. The molecule has 1 atom stereocenters. The van der Waals surface area contributed by atoms with Crippen LogP contribution in [0.2, 0.25) is 0 Å². The molecule has 0 saturated heterocycles. The second kappa shape index (κ2) is 11.0. The summed E-state index contributed by atoms with van der Waals surface area (Å²) in [5, 5.41) is 14.1. The number of nitrogens with one attached hydrogen (secondary N) is 2. The van der Waals surface area contributed by atoms with Gasteiger partial charge in [-0.05, 0) is 26.3 Å². The molecule has 0 heterocycles. The molecule has 5 heteroatoms. The highest BCUT2D eigenvalue weighted by Crippen LogP contribution is 2.00. The van der Waals surface area contributed by atoms with Crippen LogP contribution in [0.3, 0.4) is 0 Å². The number of carboxylic acids is 1. The highest BCUT2D eigenvalue weighted by atomic mass is 16.4. The Bertz CT molecular complexity index is 271. The largest absolute Gasteiger partial charge is 0.480 e. The van der Waals surface area contributed by atoms with Gasteiger partial charge < -0.3 is 15.7 Å². The number of carboxylic acid groups (broad SMARTS) is 1. The third kappa shape index (κ3) is 9.39. The van der Waals surface area contributed by atoms with E-state index in [1.807, 2.05) is 0 Å². The Kier molecular flexibility index (Phi) is 11.5. The first-order valence-corrected chi connectivity index (χ1v) is 5.22. The van der Waals surface area contributed by atoms with Gasteiger partial charge in [0.25, 0.3) is 0 Å². The molecule has 0 aliphatic heterocycles. The van der Waals surface area contributed by atoms with Crippen LogP contribution in [0.1, 0.15) is 33.1 Å². The van der Waals surface area contributed by atoms with Gasteiger partial charge in [0.2, 0.25) is 5.91 Å². The fourth-order valence-electron chi connectivity index (χ4n) is 1.25. The Morgan fingerprint density at radius 3 is 2.53 bits per heavy atom. The summed E-state index contributed by atoms with van der Waals surface area (Å²) >= 11 is 0. The normalized spacial score (nSPS) is 10.8. The molecular weight excluding hydrogens is 220 g/mol. The van der Waals surface area contributed by atoms with Gasteiger partial charge in [-0.3, -0.25) is 9.59 Å². The van der Waals surface area contributed by atoms with Gasteiger partial charge in [0, 0.05) is 6.54 Å². The molecule has 0 aromatic carbocycles. The van der Waals surface area contributed by atoms with E-state index in [2.05, 4.69) is 16.6 Å². The van der Waals surface area contributed by atoms with Crippen molar-refractivity contribution in [2.75, 3.05) is 13.6 Å². The summed E-state index contributed by atoms with van der Waals surface area (Å²) in [4.78, 5) is 21.6. The van der Waals surface area contributed by atoms with Crippen molar-refractivity contribution < 1.29 is 14.7 Å². The van der Waals surface area contributed by atoms with Gasteiger partial charge >= 0.3 is 5.97 Å². The van der Waals surface area contributed by atoms with Crippen LogP contribution < -0.4 is 10.6 Å². The molecule has 0 aromatic heterocycles. The third-order valence-electron chi connectivity index (χ3n) is 2.15. The molecular formula is C12H22N2O3. The second-order valence-electron chi connectivity index (χ2n) is 3.41. The Morgan fingerprint density at radius 2 is 2.06 bits per heavy atom. The molecule has 0 spiro atoms. The quantitative estimate of drug-likeness (QED) is 0.430. The van der Waals surface area contributed by atoms with Gasteiger partial charge in [-0.1, -0.05) is 13.3 Å². The Hall–Kier alpha value is -1.54. The molecule has 1 amide bonds. The van der Waals surface area contributed by atoms with Crippen LogP contribution in [0.5, 0.6) is 0 Å². The van der Waals surface area contributed by atoms with Gasteiger partial charge in [0.1, 0.15) is 6.04 Å². The maximum absolute atomic E-state index is 10.9. The molecule has 0 bridgehead atoms. The zero-order valence-electron chi connectivity index (χ0n) is 9.45. The van der Waals surface area contributed by atoms with Crippen molar-refractivity contribution >= 4 is 11.9 Å². The topological polar surface area (TPSA) is 78.4 Å². The lowest BCUT2D eigenvalue weighted by Gasteiger charge is -2.10. The van der Waals surface area contributed by atoms with Crippen LogP contribution in [0.15, 0.2) is 0 Å². The fraction of sp³-hybridized carbons (Fsp3) is 0.667. The van der Waals surface area contributed by atoms with E-state index >= 15 is 0 Å². The van der Waals surface area contributed by atoms with E-state index in [1.54, 1.807) is 7.05 Å². The molecule has 0 aliphatic rings. The number of terminal acetylenes is 1. The first-order chi connectivity index (χ1) is 7.61.